The molecule has 176 valence electrons. The third-order valence-electron chi connectivity index (χ3n) is 6.46. The Morgan fingerprint density at radius 1 is 0.886 bits per heavy atom. The van der Waals surface area contributed by atoms with E-state index in [1.54, 1.807) is 4.90 Å². The highest BCUT2D eigenvalue weighted by Gasteiger charge is 2.36. The van der Waals surface area contributed by atoms with Crippen molar-refractivity contribution in [2.45, 2.75) is 40.2 Å². The van der Waals surface area contributed by atoms with Gasteiger partial charge in [-0.3, -0.25) is 4.90 Å². The van der Waals surface area contributed by atoms with Gasteiger partial charge in [0.05, 0.1) is 17.3 Å². The van der Waals surface area contributed by atoms with E-state index >= 15 is 0 Å². The summed E-state index contributed by atoms with van der Waals surface area (Å²) >= 11 is 0. The number of urea groups is 1. The summed E-state index contributed by atoms with van der Waals surface area (Å²) in [7, 11) is 0. The van der Waals surface area contributed by atoms with Crippen molar-refractivity contribution in [3.05, 3.63) is 107 Å². The summed E-state index contributed by atoms with van der Waals surface area (Å²) in [5.74, 6) is 0.907. The molecule has 0 aliphatic carbocycles. The number of carbonyl (C=O) groups is 1. The molecular weight excluding hydrogens is 436 g/mol. The van der Waals surface area contributed by atoms with E-state index in [4.69, 9.17) is 9.51 Å². The molecule has 35 heavy (non-hydrogen) atoms. The molecule has 2 heterocycles. The second-order valence-corrected chi connectivity index (χ2v) is 8.94. The maximum absolute atomic E-state index is 13.3. The van der Waals surface area contributed by atoms with Gasteiger partial charge in [-0.25, -0.2) is 4.79 Å². The van der Waals surface area contributed by atoms with E-state index < -0.39 is 6.04 Å². The average molecular weight is 465 g/mol. The topological polar surface area (TPSA) is 71.3 Å². The van der Waals surface area contributed by atoms with Gasteiger partial charge in [-0.05, 0) is 50.5 Å². The van der Waals surface area contributed by atoms with Gasteiger partial charge in [-0.15, -0.1) is 0 Å². The molecule has 0 saturated carbocycles. The van der Waals surface area contributed by atoms with Crippen molar-refractivity contribution in [1.82, 2.24) is 15.5 Å². The number of allylic oxidation sites excluding steroid dienone is 1. The van der Waals surface area contributed by atoms with Crippen LogP contribution in [0.3, 0.4) is 0 Å². The van der Waals surface area contributed by atoms with Crippen LogP contribution < -0.4 is 10.2 Å². The summed E-state index contributed by atoms with van der Waals surface area (Å²) in [6.07, 6.45) is 0.969. The van der Waals surface area contributed by atoms with Crippen molar-refractivity contribution in [2.75, 3.05) is 4.90 Å². The quantitative estimate of drug-likeness (QED) is 0.360. The molecule has 0 bridgehead atoms. The molecule has 1 atom stereocenters. The molecule has 0 radical (unpaired) electrons. The van der Waals surface area contributed by atoms with Gasteiger partial charge < -0.3 is 9.84 Å². The van der Waals surface area contributed by atoms with Crippen LogP contribution in [-0.2, 0) is 6.42 Å². The fraction of sp³-hybridized carbons (Fsp3) is 0.207. The molecule has 1 aliphatic rings. The lowest BCUT2D eigenvalue weighted by atomic mass is 9.94. The van der Waals surface area contributed by atoms with Crippen LogP contribution in [0.2, 0.25) is 0 Å². The molecule has 1 aliphatic heterocycles. The minimum absolute atomic E-state index is 0.199. The van der Waals surface area contributed by atoms with E-state index in [-0.39, 0.29) is 6.03 Å². The van der Waals surface area contributed by atoms with Gasteiger partial charge >= 0.3 is 6.03 Å². The molecule has 3 aromatic carbocycles. The third kappa shape index (κ3) is 4.35. The molecule has 0 fully saturated rings. The zero-order chi connectivity index (χ0) is 24.5. The summed E-state index contributed by atoms with van der Waals surface area (Å²) in [4.78, 5) is 19.7. The van der Waals surface area contributed by atoms with E-state index in [1.807, 2.05) is 81.4 Å². The highest BCUT2D eigenvalue weighted by Crippen LogP contribution is 2.39. The standard InChI is InChI=1S/C29H28N4O2/c1-5-21-10-14-23(15-11-21)27-31-28(35-32-27)25-20(4)33(24-16-8-19(3)9-17-24)29(34)30-26(25)22-12-6-18(2)7-13-22/h6-17,26H,5H2,1-4H3,(H,30,34). The largest absolute Gasteiger partial charge is 0.334 e. The lowest BCUT2D eigenvalue weighted by molar-refractivity contribution is 0.244. The maximum atomic E-state index is 13.3. The molecule has 2 amide bonds. The molecule has 5 rings (SSSR count). The van der Waals surface area contributed by atoms with Crippen LogP contribution >= 0.6 is 0 Å². The number of hydrogen-bond acceptors (Lipinski definition) is 4. The number of aryl methyl sites for hydroxylation is 3. The van der Waals surface area contributed by atoms with Crippen LogP contribution in [0.15, 0.2) is 83.0 Å². The second-order valence-electron chi connectivity index (χ2n) is 8.94. The van der Waals surface area contributed by atoms with Crippen LogP contribution in [0, 0.1) is 13.8 Å². The first-order valence-corrected chi connectivity index (χ1v) is 11.8. The van der Waals surface area contributed by atoms with Crippen molar-refractivity contribution in [1.29, 1.82) is 0 Å². The highest BCUT2D eigenvalue weighted by molar-refractivity contribution is 6.01. The van der Waals surface area contributed by atoms with Crippen LogP contribution in [0.1, 0.15) is 48.0 Å². The van der Waals surface area contributed by atoms with Gasteiger partial charge in [0.15, 0.2) is 0 Å². The summed E-state index contributed by atoms with van der Waals surface area (Å²) in [6.45, 7) is 8.11. The molecule has 6 nitrogen and oxygen atoms in total. The Hall–Kier alpha value is -4.19. The number of carbonyl (C=O) groups excluding carboxylic acids is 1. The number of aromatic nitrogens is 2. The molecule has 0 spiro atoms. The predicted molar refractivity (Wildman–Crippen MR) is 138 cm³/mol. The zero-order valence-electron chi connectivity index (χ0n) is 20.4. The van der Waals surface area contributed by atoms with Gasteiger partial charge in [0.1, 0.15) is 0 Å². The minimum atomic E-state index is -0.416. The number of anilines is 1. The van der Waals surface area contributed by atoms with Crippen molar-refractivity contribution in [2.24, 2.45) is 0 Å². The number of amides is 2. The maximum Gasteiger partial charge on any atom is 0.326 e. The summed E-state index contributed by atoms with van der Waals surface area (Å²) in [5.41, 5.74) is 7.67. The predicted octanol–water partition coefficient (Wildman–Crippen LogP) is 6.62. The Morgan fingerprint density at radius 3 is 2.14 bits per heavy atom. The number of nitrogens with zero attached hydrogens (tertiary/aromatic N) is 3. The van der Waals surface area contributed by atoms with E-state index in [9.17, 15) is 4.79 Å². The van der Waals surface area contributed by atoms with Crippen molar-refractivity contribution >= 4 is 17.3 Å². The molecule has 4 aromatic rings. The lowest BCUT2D eigenvalue weighted by Crippen LogP contribution is -2.46. The monoisotopic (exact) mass is 464 g/mol. The Labute approximate surface area is 205 Å². The highest BCUT2D eigenvalue weighted by atomic mass is 16.5. The number of benzene rings is 3. The van der Waals surface area contributed by atoms with Gasteiger partial charge in [0.25, 0.3) is 5.89 Å². The molecule has 6 heteroatoms. The van der Waals surface area contributed by atoms with Crippen molar-refractivity contribution in [3.8, 4) is 11.4 Å². The van der Waals surface area contributed by atoms with Gasteiger partial charge in [0.2, 0.25) is 5.82 Å². The average Bonchev–Trinajstić information content (AvgIpc) is 3.35. The van der Waals surface area contributed by atoms with Crippen LogP contribution in [0.5, 0.6) is 0 Å². The Balaban J connectivity index is 1.62. The normalized spacial score (nSPS) is 15.9. The Morgan fingerprint density at radius 2 is 1.51 bits per heavy atom. The molecule has 1 N–H and O–H groups in total. The Bertz CT molecular complexity index is 1380. The smallest absolute Gasteiger partial charge is 0.326 e. The van der Waals surface area contributed by atoms with E-state index in [0.29, 0.717) is 11.7 Å². The molecule has 1 aromatic heterocycles. The number of hydrogen-bond donors (Lipinski definition) is 1. The SMILES string of the molecule is CCc1ccc(-c2noc(C3=C(C)N(c4ccc(C)cc4)C(=O)NC3c3ccc(C)cc3)n2)cc1. The van der Waals surface area contributed by atoms with Crippen LogP contribution in [0.4, 0.5) is 10.5 Å². The lowest BCUT2D eigenvalue weighted by Gasteiger charge is -2.35. The fourth-order valence-corrected chi connectivity index (χ4v) is 4.37. The molecule has 0 saturated heterocycles. The van der Waals surface area contributed by atoms with Gasteiger partial charge in [-0.1, -0.05) is 83.9 Å². The van der Waals surface area contributed by atoms with Crippen LogP contribution in [0.25, 0.3) is 17.0 Å². The number of rotatable bonds is 5. The van der Waals surface area contributed by atoms with E-state index in [0.717, 1.165) is 45.6 Å². The third-order valence-corrected chi connectivity index (χ3v) is 6.46. The summed E-state index contributed by atoms with van der Waals surface area (Å²) in [5, 5.41) is 7.43. The van der Waals surface area contributed by atoms with Crippen molar-refractivity contribution in [3.63, 3.8) is 0 Å². The Kier molecular flexibility index (Phi) is 5.95. The summed E-state index contributed by atoms with van der Waals surface area (Å²) < 4.78 is 5.80. The molecule has 1 unspecified atom stereocenters. The first-order valence-electron chi connectivity index (χ1n) is 11.8. The first-order chi connectivity index (χ1) is 16.9. The summed E-state index contributed by atoms with van der Waals surface area (Å²) in [6, 6.07) is 23.5. The minimum Gasteiger partial charge on any atom is -0.334 e. The number of nitrogens with one attached hydrogen (secondary N) is 1. The second kappa shape index (κ2) is 9.22. The molecular formula is C29H28N4O2. The zero-order valence-corrected chi connectivity index (χ0v) is 20.4. The van der Waals surface area contributed by atoms with Gasteiger partial charge in [-0.2, -0.15) is 4.98 Å². The van der Waals surface area contributed by atoms with E-state index in [2.05, 4.69) is 29.5 Å². The van der Waals surface area contributed by atoms with Gasteiger partial charge in [0, 0.05) is 11.3 Å². The van der Waals surface area contributed by atoms with Crippen LogP contribution in [-0.4, -0.2) is 16.2 Å². The fourth-order valence-electron chi connectivity index (χ4n) is 4.37. The van der Waals surface area contributed by atoms with E-state index in [1.165, 1.54) is 5.56 Å². The van der Waals surface area contributed by atoms with Crippen molar-refractivity contribution < 1.29 is 9.32 Å². The first kappa shape index (κ1) is 22.6.